The van der Waals surface area contributed by atoms with Gasteiger partial charge in [0.25, 0.3) is 0 Å². The lowest BCUT2D eigenvalue weighted by Gasteiger charge is -2.46. The zero-order chi connectivity index (χ0) is 13.9. The lowest BCUT2D eigenvalue weighted by Crippen LogP contribution is -2.56. The van der Waals surface area contributed by atoms with Crippen LogP contribution < -0.4 is 5.73 Å². The first-order chi connectivity index (χ1) is 9.08. The van der Waals surface area contributed by atoms with Gasteiger partial charge in [0.1, 0.15) is 5.82 Å². The Balaban J connectivity index is 2.24. The van der Waals surface area contributed by atoms with E-state index in [1.165, 1.54) is 12.3 Å². The molecular formula is C14H22FN3O. The van der Waals surface area contributed by atoms with Gasteiger partial charge in [0.2, 0.25) is 0 Å². The summed E-state index contributed by atoms with van der Waals surface area (Å²) in [6.45, 7) is 7.42. The van der Waals surface area contributed by atoms with Crippen molar-refractivity contribution in [3.8, 4) is 0 Å². The molecule has 0 bridgehead atoms. The van der Waals surface area contributed by atoms with E-state index < -0.39 is 0 Å². The largest absolute Gasteiger partial charge is 0.379 e. The quantitative estimate of drug-likeness (QED) is 0.902. The molecule has 5 heteroatoms. The van der Waals surface area contributed by atoms with Gasteiger partial charge in [-0.2, -0.15) is 0 Å². The Hall–Kier alpha value is -1.04. The predicted molar refractivity (Wildman–Crippen MR) is 72.2 cm³/mol. The van der Waals surface area contributed by atoms with Gasteiger partial charge in [-0.1, -0.05) is 6.92 Å². The molecule has 0 aromatic carbocycles. The van der Waals surface area contributed by atoms with E-state index in [0.29, 0.717) is 0 Å². The summed E-state index contributed by atoms with van der Waals surface area (Å²) in [5.74, 6) is -0.339. The van der Waals surface area contributed by atoms with Crippen molar-refractivity contribution in [2.24, 2.45) is 5.73 Å². The van der Waals surface area contributed by atoms with Gasteiger partial charge in [-0.15, -0.1) is 0 Å². The number of rotatable bonds is 4. The molecule has 2 atom stereocenters. The van der Waals surface area contributed by atoms with Crippen LogP contribution in [0.5, 0.6) is 0 Å². The van der Waals surface area contributed by atoms with E-state index in [1.54, 1.807) is 6.20 Å². The standard InChI is InChI=1S/C14H22FN3O/c1-3-14(2,18-4-6-19-7-5-18)13(16)11-8-12(15)10-17-9-11/h8-10,13H,3-7,16H2,1-2H3. The van der Waals surface area contributed by atoms with Gasteiger partial charge in [0.05, 0.1) is 19.4 Å². The van der Waals surface area contributed by atoms with Crippen LogP contribution in [0, 0.1) is 5.82 Å². The maximum Gasteiger partial charge on any atom is 0.141 e. The molecular weight excluding hydrogens is 245 g/mol. The summed E-state index contributed by atoms with van der Waals surface area (Å²) in [5.41, 5.74) is 6.93. The van der Waals surface area contributed by atoms with Crippen molar-refractivity contribution in [1.82, 2.24) is 9.88 Å². The molecule has 1 aromatic heterocycles. The second-order valence-corrected chi connectivity index (χ2v) is 5.22. The molecule has 0 amide bonds. The number of morpholine rings is 1. The fourth-order valence-electron chi connectivity index (χ4n) is 2.67. The van der Waals surface area contributed by atoms with Crippen molar-refractivity contribution in [3.63, 3.8) is 0 Å². The van der Waals surface area contributed by atoms with Gasteiger partial charge < -0.3 is 10.5 Å². The molecule has 106 valence electrons. The van der Waals surface area contributed by atoms with Crippen LogP contribution in [0.1, 0.15) is 31.9 Å². The topological polar surface area (TPSA) is 51.4 Å². The molecule has 1 saturated heterocycles. The Morgan fingerprint density at radius 2 is 2.16 bits per heavy atom. The third-order valence-electron chi connectivity index (χ3n) is 4.20. The van der Waals surface area contributed by atoms with Crippen LogP contribution in [0.15, 0.2) is 18.5 Å². The van der Waals surface area contributed by atoms with E-state index in [9.17, 15) is 4.39 Å². The molecule has 2 unspecified atom stereocenters. The van der Waals surface area contributed by atoms with Crippen LogP contribution in [0.25, 0.3) is 0 Å². The maximum atomic E-state index is 13.3. The van der Waals surface area contributed by atoms with Gasteiger partial charge in [-0.05, 0) is 25.0 Å². The molecule has 1 aromatic rings. The minimum Gasteiger partial charge on any atom is -0.379 e. The Labute approximate surface area is 113 Å². The monoisotopic (exact) mass is 267 g/mol. The molecule has 1 aliphatic heterocycles. The fraction of sp³-hybridized carbons (Fsp3) is 0.643. The number of ether oxygens (including phenoxy) is 1. The van der Waals surface area contributed by atoms with Crippen LogP contribution in [-0.4, -0.2) is 41.7 Å². The number of aromatic nitrogens is 1. The van der Waals surface area contributed by atoms with Crippen molar-refractivity contribution in [2.75, 3.05) is 26.3 Å². The second kappa shape index (κ2) is 5.94. The van der Waals surface area contributed by atoms with Gasteiger partial charge in [-0.25, -0.2) is 4.39 Å². The van der Waals surface area contributed by atoms with E-state index in [-0.39, 0.29) is 17.4 Å². The summed E-state index contributed by atoms with van der Waals surface area (Å²) in [5, 5.41) is 0. The van der Waals surface area contributed by atoms with E-state index in [1.807, 2.05) is 0 Å². The average Bonchev–Trinajstić information content (AvgIpc) is 2.46. The van der Waals surface area contributed by atoms with Crippen molar-refractivity contribution < 1.29 is 9.13 Å². The third kappa shape index (κ3) is 2.94. The smallest absolute Gasteiger partial charge is 0.141 e. The SMILES string of the molecule is CCC(C)(C(N)c1cncc(F)c1)N1CCOCC1. The van der Waals surface area contributed by atoms with E-state index in [2.05, 4.69) is 23.7 Å². The number of halogens is 1. The highest BCUT2D eigenvalue weighted by Crippen LogP contribution is 2.32. The van der Waals surface area contributed by atoms with Crippen molar-refractivity contribution in [2.45, 2.75) is 31.8 Å². The fourth-order valence-corrected chi connectivity index (χ4v) is 2.67. The minimum atomic E-state index is -0.339. The summed E-state index contributed by atoms with van der Waals surface area (Å²) in [4.78, 5) is 6.24. The molecule has 2 N–H and O–H groups in total. The lowest BCUT2D eigenvalue weighted by molar-refractivity contribution is -0.0278. The lowest BCUT2D eigenvalue weighted by atomic mass is 9.83. The predicted octanol–water partition coefficient (Wildman–Crippen LogP) is 1.72. The number of nitrogens with two attached hydrogens (primary N) is 1. The van der Waals surface area contributed by atoms with E-state index in [0.717, 1.165) is 38.3 Å². The first kappa shape index (κ1) is 14.4. The highest BCUT2D eigenvalue weighted by molar-refractivity contribution is 5.19. The number of pyridine rings is 1. The summed E-state index contributed by atoms with van der Waals surface area (Å²) in [6.07, 6.45) is 3.75. The molecule has 4 nitrogen and oxygen atoms in total. The van der Waals surface area contributed by atoms with Crippen LogP contribution in [-0.2, 0) is 4.74 Å². The summed E-state index contributed by atoms with van der Waals surface area (Å²) in [6, 6.07) is 1.21. The van der Waals surface area contributed by atoms with Crippen LogP contribution in [0.3, 0.4) is 0 Å². The highest BCUT2D eigenvalue weighted by atomic mass is 19.1. The molecule has 0 radical (unpaired) electrons. The van der Waals surface area contributed by atoms with Crippen molar-refractivity contribution >= 4 is 0 Å². The maximum absolute atomic E-state index is 13.3. The van der Waals surface area contributed by atoms with E-state index in [4.69, 9.17) is 10.5 Å². The Kier molecular flexibility index (Phi) is 4.50. The average molecular weight is 267 g/mol. The van der Waals surface area contributed by atoms with Crippen molar-refractivity contribution in [1.29, 1.82) is 0 Å². The molecule has 2 rings (SSSR count). The molecule has 1 aliphatic rings. The first-order valence-electron chi connectivity index (χ1n) is 6.76. The zero-order valence-corrected chi connectivity index (χ0v) is 11.6. The molecule has 0 spiro atoms. The molecule has 2 heterocycles. The number of hydrogen-bond donors (Lipinski definition) is 1. The summed E-state index contributed by atoms with van der Waals surface area (Å²) < 4.78 is 18.7. The van der Waals surface area contributed by atoms with Gasteiger partial charge >= 0.3 is 0 Å². The second-order valence-electron chi connectivity index (χ2n) is 5.22. The Morgan fingerprint density at radius 3 is 2.74 bits per heavy atom. The van der Waals surface area contributed by atoms with Gasteiger partial charge in [0.15, 0.2) is 0 Å². The molecule has 1 fully saturated rings. The summed E-state index contributed by atoms with van der Waals surface area (Å²) in [7, 11) is 0. The molecule has 0 aliphatic carbocycles. The van der Waals surface area contributed by atoms with Crippen molar-refractivity contribution in [3.05, 3.63) is 29.8 Å². The Morgan fingerprint density at radius 1 is 1.47 bits per heavy atom. The Bertz CT molecular complexity index is 423. The highest BCUT2D eigenvalue weighted by Gasteiger charge is 2.38. The molecule has 19 heavy (non-hydrogen) atoms. The minimum absolute atomic E-state index is 0.209. The van der Waals surface area contributed by atoms with Crippen LogP contribution in [0.2, 0.25) is 0 Å². The van der Waals surface area contributed by atoms with E-state index >= 15 is 0 Å². The zero-order valence-electron chi connectivity index (χ0n) is 11.6. The van der Waals surface area contributed by atoms with Gasteiger partial charge in [-0.3, -0.25) is 9.88 Å². The van der Waals surface area contributed by atoms with Gasteiger partial charge in [0, 0.05) is 30.9 Å². The molecule has 0 saturated carbocycles. The van der Waals surface area contributed by atoms with Crippen LogP contribution >= 0.6 is 0 Å². The first-order valence-corrected chi connectivity index (χ1v) is 6.76. The van der Waals surface area contributed by atoms with Crippen LogP contribution in [0.4, 0.5) is 4.39 Å². The number of hydrogen-bond acceptors (Lipinski definition) is 4. The normalized spacial score (nSPS) is 21.9. The summed E-state index contributed by atoms with van der Waals surface area (Å²) >= 11 is 0. The third-order valence-corrected chi connectivity index (χ3v) is 4.20. The number of nitrogens with zero attached hydrogens (tertiary/aromatic N) is 2.